The van der Waals surface area contributed by atoms with Crippen molar-refractivity contribution in [2.75, 3.05) is 19.0 Å². The molecule has 0 aliphatic carbocycles. The van der Waals surface area contributed by atoms with Crippen LogP contribution in [0, 0.1) is 18.6 Å². The topological polar surface area (TPSA) is 101 Å². The van der Waals surface area contributed by atoms with E-state index in [9.17, 15) is 9.59 Å². The molecule has 0 saturated carbocycles. The van der Waals surface area contributed by atoms with Crippen LogP contribution in [-0.2, 0) is 16.1 Å². The summed E-state index contributed by atoms with van der Waals surface area (Å²) in [5, 5.41) is 12.3. The number of carbonyl (C=O) groups is 2. The first kappa shape index (κ1) is 21.3. The number of H-pyrrole nitrogens is 1. The van der Waals surface area contributed by atoms with Crippen LogP contribution in [0.3, 0.4) is 0 Å². The third kappa shape index (κ3) is 4.93. The van der Waals surface area contributed by atoms with Crippen LogP contribution in [0.15, 0.2) is 42.5 Å². The van der Waals surface area contributed by atoms with Gasteiger partial charge in [-0.2, -0.15) is 5.10 Å². The molecule has 0 fully saturated rings. The molecule has 8 nitrogen and oxygen atoms in total. The number of aromatic amines is 1. The molecule has 3 aromatic rings. The van der Waals surface area contributed by atoms with E-state index in [2.05, 4.69) is 20.8 Å². The van der Waals surface area contributed by atoms with Crippen molar-refractivity contribution in [3.05, 3.63) is 58.4 Å². The maximum absolute atomic E-state index is 12.4. The molecule has 9 heteroatoms. The first-order valence-corrected chi connectivity index (χ1v) is 9.72. The highest BCUT2D eigenvalue weighted by molar-refractivity contribution is 7.71. The molecule has 0 saturated heterocycles. The Kier molecular flexibility index (Phi) is 6.63. The van der Waals surface area contributed by atoms with Gasteiger partial charge in [0.25, 0.3) is 0 Å². The number of aromatic nitrogens is 3. The average Bonchev–Trinajstić information content (AvgIpc) is 3.10. The Balaban J connectivity index is 1.62. The summed E-state index contributed by atoms with van der Waals surface area (Å²) in [5.74, 6) is 0.589. The van der Waals surface area contributed by atoms with E-state index in [1.807, 2.05) is 44.2 Å². The molecule has 0 spiro atoms. The Hall–Kier alpha value is -3.46. The number of benzene rings is 2. The Morgan fingerprint density at radius 2 is 1.87 bits per heavy atom. The second-order valence-corrected chi connectivity index (χ2v) is 7.13. The largest absolute Gasteiger partial charge is 0.497 e. The molecule has 0 unspecified atom stereocenters. The van der Waals surface area contributed by atoms with Crippen LogP contribution in [-0.4, -0.2) is 40.2 Å². The summed E-state index contributed by atoms with van der Waals surface area (Å²) < 4.78 is 7.05. The van der Waals surface area contributed by atoms with Gasteiger partial charge in [-0.05, 0) is 67.5 Å². The molecule has 156 valence electrons. The lowest BCUT2D eigenvalue weighted by Crippen LogP contribution is -2.35. The van der Waals surface area contributed by atoms with Crippen LogP contribution in [0.2, 0.25) is 0 Å². The number of hydrogen-bond acceptors (Lipinski definition) is 5. The van der Waals surface area contributed by atoms with Gasteiger partial charge in [0.2, 0.25) is 11.8 Å². The van der Waals surface area contributed by atoms with Crippen molar-refractivity contribution in [2.24, 2.45) is 0 Å². The van der Waals surface area contributed by atoms with Crippen molar-refractivity contribution >= 4 is 29.7 Å². The first-order chi connectivity index (χ1) is 14.4. The maximum atomic E-state index is 12.4. The Bertz CT molecular complexity index is 1120. The van der Waals surface area contributed by atoms with Gasteiger partial charge in [0.15, 0.2) is 10.6 Å². The van der Waals surface area contributed by atoms with Gasteiger partial charge in [0, 0.05) is 11.3 Å². The number of carbonyl (C=O) groups excluding carboxylic acids is 2. The molecule has 1 aromatic heterocycles. The first-order valence-electron chi connectivity index (χ1n) is 9.31. The highest BCUT2D eigenvalue weighted by Crippen LogP contribution is 2.21. The summed E-state index contributed by atoms with van der Waals surface area (Å²) in [6.45, 7) is 3.70. The fourth-order valence-corrected chi connectivity index (χ4v) is 3.08. The third-order valence-corrected chi connectivity index (χ3v) is 5.04. The van der Waals surface area contributed by atoms with Gasteiger partial charge in [-0.25, -0.2) is 0 Å². The lowest BCUT2D eigenvalue weighted by Gasteiger charge is -2.11. The molecular formula is C21H23N5O3S. The summed E-state index contributed by atoms with van der Waals surface area (Å²) in [6, 6.07) is 12.9. The molecule has 2 aromatic carbocycles. The van der Waals surface area contributed by atoms with E-state index >= 15 is 0 Å². The number of aryl methyl sites for hydroxylation is 1. The second kappa shape index (κ2) is 9.36. The molecule has 3 rings (SSSR count). The summed E-state index contributed by atoms with van der Waals surface area (Å²) >= 11 is 5.25. The number of nitrogens with one attached hydrogen (secondary N) is 3. The highest BCUT2D eigenvalue weighted by atomic mass is 32.1. The Morgan fingerprint density at radius 3 is 2.57 bits per heavy atom. The van der Waals surface area contributed by atoms with Crippen molar-refractivity contribution in [1.29, 1.82) is 0 Å². The smallest absolute Gasteiger partial charge is 0.243 e. The molecule has 0 radical (unpaired) electrons. The monoisotopic (exact) mass is 425 g/mol. The standard InChI is InChI=1S/C21H23N5O3S/c1-13-5-4-6-17(14(13)2)23-18(27)11-22-19(28)12-26-20(24-25-21(26)30)15-7-9-16(29-3)10-8-15/h4-10H,11-12H2,1-3H3,(H,22,28)(H,23,27)(H,25,30). The van der Waals surface area contributed by atoms with Gasteiger partial charge in [-0.1, -0.05) is 12.1 Å². The molecule has 0 bridgehead atoms. The van der Waals surface area contributed by atoms with Crippen molar-refractivity contribution in [1.82, 2.24) is 20.1 Å². The molecule has 0 aliphatic heterocycles. The summed E-state index contributed by atoms with van der Waals surface area (Å²) in [4.78, 5) is 24.6. The van der Waals surface area contributed by atoms with E-state index in [0.717, 1.165) is 22.4 Å². The van der Waals surface area contributed by atoms with Crippen LogP contribution in [0.4, 0.5) is 5.69 Å². The van der Waals surface area contributed by atoms with Crippen molar-refractivity contribution < 1.29 is 14.3 Å². The van der Waals surface area contributed by atoms with Crippen LogP contribution in [0.25, 0.3) is 11.4 Å². The quantitative estimate of drug-likeness (QED) is 0.505. The van der Waals surface area contributed by atoms with Crippen molar-refractivity contribution in [3.8, 4) is 17.1 Å². The van der Waals surface area contributed by atoms with E-state index in [1.165, 1.54) is 0 Å². The van der Waals surface area contributed by atoms with Crippen LogP contribution < -0.4 is 15.4 Å². The van der Waals surface area contributed by atoms with Crippen LogP contribution in [0.5, 0.6) is 5.75 Å². The third-order valence-electron chi connectivity index (χ3n) is 4.73. The lowest BCUT2D eigenvalue weighted by atomic mass is 10.1. The fraction of sp³-hybridized carbons (Fsp3) is 0.238. The number of nitrogens with zero attached hydrogens (tertiary/aromatic N) is 2. The zero-order chi connectivity index (χ0) is 21.7. The molecule has 30 heavy (non-hydrogen) atoms. The zero-order valence-electron chi connectivity index (χ0n) is 17.0. The predicted octanol–water partition coefficient (Wildman–Crippen LogP) is 2.99. The molecule has 1 heterocycles. The average molecular weight is 426 g/mol. The summed E-state index contributed by atoms with van der Waals surface area (Å²) in [7, 11) is 1.59. The molecule has 2 amide bonds. The molecule has 0 aliphatic rings. The normalized spacial score (nSPS) is 10.5. The van der Waals surface area contributed by atoms with Gasteiger partial charge in [-0.3, -0.25) is 19.3 Å². The Labute approximate surface area is 179 Å². The van der Waals surface area contributed by atoms with E-state index in [-0.39, 0.29) is 24.9 Å². The predicted molar refractivity (Wildman–Crippen MR) is 117 cm³/mol. The second-order valence-electron chi connectivity index (χ2n) is 6.74. The SMILES string of the molecule is COc1ccc(-c2n[nH]c(=S)n2CC(=O)NCC(=O)Nc2cccc(C)c2C)cc1. The Morgan fingerprint density at radius 1 is 1.13 bits per heavy atom. The summed E-state index contributed by atoms with van der Waals surface area (Å²) in [6.07, 6.45) is 0. The van der Waals surface area contributed by atoms with Crippen molar-refractivity contribution in [2.45, 2.75) is 20.4 Å². The molecular weight excluding hydrogens is 402 g/mol. The maximum Gasteiger partial charge on any atom is 0.243 e. The van der Waals surface area contributed by atoms with Gasteiger partial charge >= 0.3 is 0 Å². The number of ether oxygens (including phenoxy) is 1. The van der Waals surface area contributed by atoms with Crippen molar-refractivity contribution in [3.63, 3.8) is 0 Å². The van der Waals surface area contributed by atoms with Crippen LogP contribution in [0.1, 0.15) is 11.1 Å². The molecule has 0 atom stereocenters. The number of hydrogen-bond donors (Lipinski definition) is 3. The van der Waals surface area contributed by atoms with E-state index < -0.39 is 0 Å². The van der Waals surface area contributed by atoms with E-state index in [0.29, 0.717) is 16.3 Å². The van der Waals surface area contributed by atoms with Crippen LogP contribution >= 0.6 is 12.2 Å². The number of methoxy groups -OCH3 is 1. The fourth-order valence-electron chi connectivity index (χ4n) is 2.88. The van der Waals surface area contributed by atoms with Gasteiger partial charge in [-0.15, -0.1) is 0 Å². The van der Waals surface area contributed by atoms with E-state index in [4.69, 9.17) is 17.0 Å². The summed E-state index contributed by atoms with van der Waals surface area (Å²) in [5.41, 5.74) is 3.58. The minimum Gasteiger partial charge on any atom is -0.497 e. The zero-order valence-corrected chi connectivity index (χ0v) is 17.8. The van der Waals surface area contributed by atoms with Gasteiger partial charge < -0.3 is 15.4 Å². The van der Waals surface area contributed by atoms with Gasteiger partial charge in [0.05, 0.1) is 13.7 Å². The molecule has 3 N–H and O–H groups in total. The number of anilines is 1. The number of rotatable bonds is 7. The minimum atomic E-state index is -0.349. The lowest BCUT2D eigenvalue weighted by molar-refractivity contribution is -0.124. The number of amides is 2. The highest BCUT2D eigenvalue weighted by Gasteiger charge is 2.14. The van der Waals surface area contributed by atoms with Gasteiger partial charge in [0.1, 0.15) is 12.3 Å². The minimum absolute atomic E-state index is 0.0621. The van der Waals surface area contributed by atoms with E-state index in [1.54, 1.807) is 23.8 Å².